The van der Waals surface area contributed by atoms with Crippen molar-refractivity contribution in [2.24, 2.45) is 5.92 Å². The molecule has 0 rings (SSSR count). The van der Waals surface area contributed by atoms with Crippen LogP contribution in [0.25, 0.3) is 0 Å². The van der Waals surface area contributed by atoms with Gasteiger partial charge in [0.25, 0.3) is 0 Å². The molecule has 1 atom stereocenters. The Balaban J connectivity index is 0. The fourth-order valence-electron chi connectivity index (χ4n) is 4.69. The Morgan fingerprint density at radius 1 is 0.529 bits per heavy atom. The standard InChI is InChI=1S/C28H58O4S.Na/c1-3-5-7-9-11-12-13-14-15-16-17-18-20-22-24-26-28(27-32-33(29,30)31)25-23-21-19-10-8-6-4-2;/h28H,3-27H2,1-2H3,(H,29,30,31);/q;+1/p-1. The van der Waals surface area contributed by atoms with Crippen LogP contribution < -0.4 is 29.6 Å². The third-order valence-electron chi connectivity index (χ3n) is 6.88. The second-order valence-corrected chi connectivity index (χ2v) is 11.3. The topological polar surface area (TPSA) is 66.4 Å². The third kappa shape index (κ3) is 30.9. The molecule has 4 nitrogen and oxygen atoms in total. The van der Waals surface area contributed by atoms with Gasteiger partial charge in [-0.15, -0.1) is 0 Å². The number of unbranched alkanes of at least 4 members (excludes halogenated alkanes) is 20. The van der Waals surface area contributed by atoms with Gasteiger partial charge in [0.2, 0.25) is 10.4 Å². The van der Waals surface area contributed by atoms with Gasteiger partial charge in [-0.05, 0) is 18.8 Å². The molecule has 0 aromatic heterocycles. The summed E-state index contributed by atoms with van der Waals surface area (Å²) in [6.45, 7) is 4.57. The smallest absolute Gasteiger partial charge is 0.726 e. The number of rotatable bonds is 27. The molecule has 200 valence electrons. The Morgan fingerprint density at radius 3 is 1.06 bits per heavy atom. The largest absolute Gasteiger partial charge is 1.00 e. The van der Waals surface area contributed by atoms with Gasteiger partial charge in [0.1, 0.15) is 0 Å². The van der Waals surface area contributed by atoms with E-state index in [0.29, 0.717) is 0 Å². The fourth-order valence-corrected chi connectivity index (χ4v) is 5.04. The molecule has 0 radical (unpaired) electrons. The van der Waals surface area contributed by atoms with Crippen molar-refractivity contribution in [1.82, 2.24) is 0 Å². The minimum atomic E-state index is -4.57. The van der Waals surface area contributed by atoms with Crippen LogP contribution in [0.5, 0.6) is 0 Å². The van der Waals surface area contributed by atoms with Gasteiger partial charge in [-0.25, -0.2) is 8.42 Å². The summed E-state index contributed by atoms with van der Waals surface area (Å²) in [5.74, 6) is 0.200. The molecular weight excluding hydrogens is 455 g/mol. The fraction of sp³-hybridized carbons (Fsp3) is 1.00. The van der Waals surface area contributed by atoms with Crippen molar-refractivity contribution in [1.29, 1.82) is 0 Å². The van der Waals surface area contributed by atoms with Crippen LogP contribution >= 0.6 is 0 Å². The summed E-state index contributed by atoms with van der Waals surface area (Å²) >= 11 is 0. The van der Waals surface area contributed by atoms with Gasteiger partial charge < -0.3 is 4.55 Å². The summed E-state index contributed by atoms with van der Waals surface area (Å²) in [4.78, 5) is 0. The molecule has 0 aliphatic heterocycles. The Kier molecular flexibility index (Phi) is 31.0. The van der Waals surface area contributed by atoms with Crippen molar-refractivity contribution >= 4 is 10.4 Å². The minimum absolute atomic E-state index is 0. The molecule has 0 aromatic carbocycles. The number of hydrogen-bond donors (Lipinski definition) is 0. The molecule has 0 heterocycles. The zero-order chi connectivity index (χ0) is 24.5. The van der Waals surface area contributed by atoms with Gasteiger partial charge >= 0.3 is 29.6 Å². The van der Waals surface area contributed by atoms with Crippen LogP contribution in [-0.4, -0.2) is 19.6 Å². The van der Waals surface area contributed by atoms with Crippen LogP contribution in [0.3, 0.4) is 0 Å². The SMILES string of the molecule is CCCCCCCCCCCCCCCCCC(CCCCCCCCC)COS(=O)(=O)[O-].[Na+]. The zero-order valence-corrected chi connectivity index (χ0v) is 26.1. The van der Waals surface area contributed by atoms with E-state index in [1.807, 2.05) is 0 Å². The van der Waals surface area contributed by atoms with Crippen molar-refractivity contribution in [3.05, 3.63) is 0 Å². The molecule has 34 heavy (non-hydrogen) atoms. The van der Waals surface area contributed by atoms with Crippen molar-refractivity contribution in [2.45, 2.75) is 168 Å². The molecule has 1 unspecified atom stereocenters. The molecule has 0 saturated heterocycles. The van der Waals surface area contributed by atoms with Gasteiger partial charge in [-0.1, -0.05) is 155 Å². The normalized spacial score (nSPS) is 12.6. The Hall–Kier alpha value is 0.870. The van der Waals surface area contributed by atoms with E-state index in [-0.39, 0.29) is 42.1 Å². The Morgan fingerprint density at radius 2 is 0.794 bits per heavy atom. The van der Waals surface area contributed by atoms with E-state index >= 15 is 0 Å². The predicted octanol–water partition coefficient (Wildman–Crippen LogP) is 6.49. The maximum absolute atomic E-state index is 10.8. The molecule has 6 heteroatoms. The summed E-state index contributed by atoms with van der Waals surface area (Å²) in [7, 11) is -4.57. The molecule has 0 aliphatic rings. The summed E-state index contributed by atoms with van der Waals surface area (Å²) in [6.07, 6.45) is 30.9. The Bertz CT molecular complexity index is 485. The Labute approximate surface area is 236 Å². The van der Waals surface area contributed by atoms with Crippen LogP contribution in [0.2, 0.25) is 0 Å². The summed E-state index contributed by atoms with van der Waals surface area (Å²) < 4.78 is 37.1. The third-order valence-corrected chi connectivity index (χ3v) is 7.30. The van der Waals surface area contributed by atoms with Crippen LogP contribution in [0, 0.1) is 5.92 Å². The van der Waals surface area contributed by atoms with E-state index in [1.165, 1.54) is 128 Å². The first-order valence-corrected chi connectivity index (χ1v) is 15.9. The van der Waals surface area contributed by atoms with E-state index in [9.17, 15) is 13.0 Å². The van der Waals surface area contributed by atoms with E-state index in [4.69, 9.17) is 0 Å². The molecule has 0 aliphatic carbocycles. The van der Waals surface area contributed by atoms with Crippen LogP contribution in [0.1, 0.15) is 168 Å². The summed E-state index contributed by atoms with van der Waals surface area (Å²) in [6, 6.07) is 0. The number of hydrogen-bond acceptors (Lipinski definition) is 4. The first-order chi connectivity index (χ1) is 16.0. The first-order valence-electron chi connectivity index (χ1n) is 14.6. The summed E-state index contributed by atoms with van der Waals surface area (Å²) in [5.41, 5.74) is 0. The molecule has 0 bridgehead atoms. The molecule has 0 fully saturated rings. The van der Waals surface area contributed by atoms with Gasteiger partial charge in [0, 0.05) is 0 Å². The van der Waals surface area contributed by atoms with E-state index < -0.39 is 10.4 Å². The second kappa shape index (κ2) is 28.4. The molecule has 0 N–H and O–H groups in total. The van der Waals surface area contributed by atoms with Gasteiger partial charge in [0.15, 0.2) is 0 Å². The predicted molar refractivity (Wildman–Crippen MR) is 141 cm³/mol. The van der Waals surface area contributed by atoms with Crippen molar-refractivity contribution < 1.29 is 46.7 Å². The van der Waals surface area contributed by atoms with Crippen LogP contribution in [-0.2, 0) is 14.6 Å². The molecule has 0 aromatic rings. The van der Waals surface area contributed by atoms with Gasteiger partial charge in [0.05, 0.1) is 6.61 Å². The second-order valence-electron chi connectivity index (χ2n) is 10.2. The summed E-state index contributed by atoms with van der Waals surface area (Å²) in [5, 5.41) is 0. The first kappa shape index (κ1) is 37.0. The van der Waals surface area contributed by atoms with E-state index in [0.717, 1.165) is 25.7 Å². The van der Waals surface area contributed by atoms with Gasteiger partial charge in [-0.2, -0.15) is 0 Å². The van der Waals surface area contributed by atoms with Crippen molar-refractivity contribution in [2.75, 3.05) is 6.61 Å². The maximum Gasteiger partial charge on any atom is 1.00 e. The molecule has 0 amide bonds. The average molecular weight is 513 g/mol. The van der Waals surface area contributed by atoms with Crippen molar-refractivity contribution in [3.8, 4) is 0 Å². The minimum Gasteiger partial charge on any atom is -0.726 e. The quantitative estimate of drug-likeness (QED) is 0.0546. The van der Waals surface area contributed by atoms with Crippen LogP contribution in [0.4, 0.5) is 0 Å². The monoisotopic (exact) mass is 512 g/mol. The molecular formula is C28H57NaO4S. The molecule has 0 saturated carbocycles. The van der Waals surface area contributed by atoms with Gasteiger partial charge in [-0.3, -0.25) is 4.18 Å². The maximum atomic E-state index is 10.8. The van der Waals surface area contributed by atoms with Crippen molar-refractivity contribution in [3.63, 3.8) is 0 Å². The van der Waals surface area contributed by atoms with Crippen LogP contribution in [0.15, 0.2) is 0 Å². The molecule has 0 spiro atoms. The van der Waals surface area contributed by atoms with E-state index in [1.54, 1.807) is 0 Å². The average Bonchev–Trinajstić information content (AvgIpc) is 2.78. The zero-order valence-electron chi connectivity index (χ0n) is 23.3. The van der Waals surface area contributed by atoms with E-state index in [2.05, 4.69) is 18.0 Å².